The molecule has 1 aliphatic heterocycles. The molecule has 0 aliphatic carbocycles. The lowest BCUT2D eigenvalue weighted by atomic mass is 10.6. The summed E-state index contributed by atoms with van der Waals surface area (Å²) in [6.45, 7) is 4.37. The van der Waals surface area contributed by atoms with Crippen LogP contribution in [0.3, 0.4) is 0 Å². The molecule has 1 aliphatic rings. The first-order chi connectivity index (χ1) is 5.75. The molecule has 0 spiro atoms. The lowest BCUT2D eigenvalue weighted by Gasteiger charge is -2.10. The van der Waals surface area contributed by atoms with Crippen molar-refractivity contribution in [1.82, 2.24) is 10.2 Å². The molecular formula is C7H10N2O3. The standard InChI is InChI=1S/C7H10N2O3/c1-2-5-12-7(11)9-4-3-8-6(9)10/h2H,1,3-5H2,(H,8,10). The first-order valence-electron chi connectivity index (χ1n) is 3.58. The molecule has 12 heavy (non-hydrogen) atoms. The van der Waals surface area contributed by atoms with Gasteiger partial charge in [-0.05, 0) is 0 Å². The van der Waals surface area contributed by atoms with Gasteiger partial charge in [0.25, 0.3) is 0 Å². The largest absolute Gasteiger partial charge is 0.445 e. The molecule has 1 rings (SSSR count). The number of carbonyl (C=O) groups excluding carboxylic acids is 2. The highest BCUT2D eigenvalue weighted by Crippen LogP contribution is 1.99. The van der Waals surface area contributed by atoms with Crippen molar-refractivity contribution >= 4 is 12.1 Å². The highest BCUT2D eigenvalue weighted by Gasteiger charge is 2.26. The second kappa shape index (κ2) is 3.75. The normalized spacial score (nSPS) is 15.7. The smallest absolute Gasteiger partial charge is 0.418 e. The Bertz CT molecular complexity index is 215. The van der Waals surface area contributed by atoms with Crippen LogP contribution in [0.5, 0.6) is 0 Å². The Labute approximate surface area is 70.0 Å². The average molecular weight is 170 g/mol. The Hall–Kier alpha value is -1.52. The number of nitrogens with zero attached hydrogens (tertiary/aromatic N) is 1. The molecule has 0 aromatic rings. The zero-order valence-electron chi connectivity index (χ0n) is 6.58. The van der Waals surface area contributed by atoms with Crippen LogP contribution in [0.1, 0.15) is 0 Å². The average Bonchev–Trinajstić information content (AvgIpc) is 2.47. The number of rotatable bonds is 2. The molecule has 1 N–H and O–H groups in total. The number of amides is 3. The van der Waals surface area contributed by atoms with Gasteiger partial charge in [0, 0.05) is 6.54 Å². The summed E-state index contributed by atoms with van der Waals surface area (Å²) in [6.07, 6.45) is 0.830. The summed E-state index contributed by atoms with van der Waals surface area (Å²) in [5.74, 6) is 0. The van der Waals surface area contributed by atoms with Crippen LogP contribution >= 0.6 is 0 Å². The van der Waals surface area contributed by atoms with E-state index in [0.29, 0.717) is 13.1 Å². The fourth-order valence-electron chi connectivity index (χ4n) is 0.854. The van der Waals surface area contributed by atoms with Crippen molar-refractivity contribution in [1.29, 1.82) is 0 Å². The molecule has 66 valence electrons. The lowest BCUT2D eigenvalue weighted by molar-refractivity contribution is 0.127. The first kappa shape index (κ1) is 8.58. The Balaban J connectivity index is 2.40. The Kier molecular flexibility index (Phi) is 2.68. The molecule has 0 aromatic heterocycles. The van der Waals surface area contributed by atoms with Crippen molar-refractivity contribution in [2.45, 2.75) is 0 Å². The molecule has 5 nitrogen and oxygen atoms in total. The van der Waals surface area contributed by atoms with Crippen LogP contribution in [0.25, 0.3) is 0 Å². The number of nitrogens with one attached hydrogen (secondary N) is 1. The highest BCUT2D eigenvalue weighted by atomic mass is 16.6. The maximum absolute atomic E-state index is 11.0. The van der Waals surface area contributed by atoms with Gasteiger partial charge < -0.3 is 10.1 Å². The van der Waals surface area contributed by atoms with Crippen molar-refractivity contribution in [2.75, 3.05) is 19.7 Å². The minimum absolute atomic E-state index is 0.128. The highest BCUT2D eigenvalue weighted by molar-refractivity contribution is 5.92. The molecule has 1 fully saturated rings. The zero-order valence-corrected chi connectivity index (χ0v) is 6.58. The zero-order chi connectivity index (χ0) is 8.97. The van der Waals surface area contributed by atoms with Crippen LogP contribution in [0.15, 0.2) is 12.7 Å². The van der Waals surface area contributed by atoms with Crippen LogP contribution in [0.4, 0.5) is 9.59 Å². The third-order valence-electron chi connectivity index (χ3n) is 1.40. The van der Waals surface area contributed by atoms with E-state index >= 15 is 0 Å². The summed E-state index contributed by atoms with van der Waals surface area (Å²) in [4.78, 5) is 22.9. The maximum Gasteiger partial charge on any atom is 0.418 e. The number of imide groups is 1. The summed E-state index contributed by atoms with van der Waals surface area (Å²) in [5, 5.41) is 2.49. The van der Waals surface area contributed by atoms with Gasteiger partial charge in [-0.1, -0.05) is 12.7 Å². The fourth-order valence-corrected chi connectivity index (χ4v) is 0.854. The maximum atomic E-state index is 11.0. The molecule has 0 aromatic carbocycles. The molecule has 5 heteroatoms. The van der Waals surface area contributed by atoms with E-state index in [1.165, 1.54) is 6.08 Å². The number of carbonyl (C=O) groups is 2. The third-order valence-corrected chi connectivity index (χ3v) is 1.40. The predicted molar refractivity (Wildman–Crippen MR) is 41.6 cm³/mol. The van der Waals surface area contributed by atoms with Crippen LogP contribution in [0, 0.1) is 0 Å². The topological polar surface area (TPSA) is 58.6 Å². The van der Waals surface area contributed by atoms with Gasteiger partial charge in [0.15, 0.2) is 0 Å². The van der Waals surface area contributed by atoms with Crippen LogP contribution in [0.2, 0.25) is 0 Å². The quantitative estimate of drug-likeness (QED) is 0.608. The Morgan fingerprint density at radius 2 is 2.58 bits per heavy atom. The van der Waals surface area contributed by atoms with Gasteiger partial charge in [-0.25, -0.2) is 14.5 Å². The van der Waals surface area contributed by atoms with E-state index in [0.717, 1.165) is 4.90 Å². The summed E-state index contributed by atoms with van der Waals surface area (Å²) in [7, 11) is 0. The van der Waals surface area contributed by atoms with Crippen molar-refractivity contribution in [2.24, 2.45) is 0 Å². The van der Waals surface area contributed by atoms with Gasteiger partial charge >= 0.3 is 12.1 Å². The molecule has 0 atom stereocenters. The van der Waals surface area contributed by atoms with Crippen LogP contribution in [-0.2, 0) is 4.74 Å². The van der Waals surface area contributed by atoms with Gasteiger partial charge in [0.2, 0.25) is 0 Å². The van der Waals surface area contributed by atoms with E-state index in [-0.39, 0.29) is 6.61 Å². The van der Waals surface area contributed by atoms with Crippen LogP contribution in [-0.4, -0.2) is 36.7 Å². The number of ether oxygens (including phenoxy) is 1. The second-order valence-corrected chi connectivity index (χ2v) is 2.25. The number of hydrogen-bond acceptors (Lipinski definition) is 3. The van der Waals surface area contributed by atoms with Gasteiger partial charge in [0.05, 0.1) is 6.54 Å². The Morgan fingerprint density at radius 1 is 1.83 bits per heavy atom. The Morgan fingerprint density at radius 3 is 3.08 bits per heavy atom. The summed E-state index contributed by atoms with van der Waals surface area (Å²) < 4.78 is 4.65. The van der Waals surface area contributed by atoms with E-state index in [1.807, 2.05) is 0 Å². The number of urea groups is 1. The minimum Gasteiger partial charge on any atom is -0.445 e. The molecule has 0 radical (unpaired) electrons. The molecule has 0 bridgehead atoms. The minimum atomic E-state index is -0.620. The fraction of sp³-hybridized carbons (Fsp3) is 0.429. The van der Waals surface area contributed by atoms with Crippen LogP contribution < -0.4 is 5.32 Å². The molecule has 0 saturated carbocycles. The second-order valence-electron chi connectivity index (χ2n) is 2.25. The monoisotopic (exact) mass is 170 g/mol. The van der Waals surface area contributed by atoms with Crippen molar-refractivity contribution in [3.63, 3.8) is 0 Å². The lowest BCUT2D eigenvalue weighted by Crippen LogP contribution is -2.34. The summed E-state index contributed by atoms with van der Waals surface area (Å²) >= 11 is 0. The summed E-state index contributed by atoms with van der Waals surface area (Å²) in [6, 6.07) is -0.399. The van der Waals surface area contributed by atoms with E-state index in [2.05, 4.69) is 16.6 Å². The molecular weight excluding hydrogens is 160 g/mol. The van der Waals surface area contributed by atoms with Gasteiger partial charge in [0.1, 0.15) is 6.61 Å². The molecule has 1 heterocycles. The van der Waals surface area contributed by atoms with Crippen molar-refractivity contribution < 1.29 is 14.3 Å². The van der Waals surface area contributed by atoms with Gasteiger partial charge in [-0.2, -0.15) is 0 Å². The third kappa shape index (κ3) is 1.75. The molecule has 3 amide bonds. The number of hydrogen-bond donors (Lipinski definition) is 1. The van der Waals surface area contributed by atoms with Gasteiger partial charge in [-0.15, -0.1) is 0 Å². The van der Waals surface area contributed by atoms with E-state index in [9.17, 15) is 9.59 Å². The molecule has 0 unspecified atom stereocenters. The van der Waals surface area contributed by atoms with E-state index in [1.54, 1.807) is 0 Å². The van der Waals surface area contributed by atoms with Crippen molar-refractivity contribution in [3.05, 3.63) is 12.7 Å². The van der Waals surface area contributed by atoms with Gasteiger partial charge in [-0.3, -0.25) is 0 Å². The molecule has 1 saturated heterocycles. The van der Waals surface area contributed by atoms with E-state index < -0.39 is 12.1 Å². The first-order valence-corrected chi connectivity index (χ1v) is 3.58. The summed E-state index contributed by atoms with van der Waals surface area (Å²) in [5.41, 5.74) is 0. The predicted octanol–water partition coefficient (Wildman–Crippen LogP) is 0.334. The van der Waals surface area contributed by atoms with E-state index in [4.69, 9.17) is 0 Å². The SMILES string of the molecule is C=CCOC(=O)N1CCNC1=O. The van der Waals surface area contributed by atoms with Crippen molar-refractivity contribution in [3.8, 4) is 0 Å².